The SMILES string of the molecule is COc1ccc(C2CC(=O)Nc3c2cnn3-c2cccc(C)c2C)c(OC)c1. The van der Waals surface area contributed by atoms with Crippen molar-refractivity contribution in [2.24, 2.45) is 0 Å². The van der Waals surface area contributed by atoms with Gasteiger partial charge in [-0.3, -0.25) is 4.79 Å². The molecule has 0 aliphatic carbocycles. The number of rotatable bonds is 4. The number of hydrogen-bond acceptors (Lipinski definition) is 4. The van der Waals surface area contributed by atoms with Crippen LogP contribution in [0, 0.1) is 13.8 Å². The smallest absolute Gasteiger partial charge is 0.226 e. The van der Waals surface area contributed by atoms with Crippen LogP contribution in [0.25, 0.3) is 5.69 Å². The van der Waals surface area contributed by atoms with Gasteiger partial charge >= 0.3 is 0 Å². The maximum absolute atomic E-state index is 12.5. The minimum Gasteiger partial charge on any atom is -0.497 e. The summed E-state index contributed by atoms with van der Waals surface area (Å²) in [5.41, 5.74) is 5.19. The zero-order chi connectivity index (χ0) is 19.8. The van der Waals surface area contributed by atoms with E-state index in [0.29, 0.717) is 23.7 Å². The highest BCUT2D eigenvalue weighted by atomic mass is 16.5. The number of nitrogens with zero attached hydrogens (tertiary/aromatic N) is 2. The van der Waals surface area contributed by atoms with Crippen molar-refractivity contribution in [3.63, 3.8) is 0 Å². The van der Waals surface area contributed by atoms with E-state index in [-0.39, 0.29) is 11.8 Å². The third kappa shape index (κ3) is 2.91. The number of aromatic nitrogens is 2. The number of carbonyl (C=O) groups is 1. The van der Waals surface area contributed by atoms with Gasteiger partial charge in [0.1, 0.15) is 17.3 Å². The lowest BCUT2D eigenvalue weighted by atomic mass is 9.86. The molecular formula is C22H23N3O3. The van der Waals surface area contributed by atoms with E-state index < -0.39 is 0 Å². The molecule has 0 spiro atoms. The van der Waals surface area contributed by atoms with Gasteiger partial charge in [-0.25, -0.2) is 4.68 Å². The molecule has 1 unspecified atom stereocenters. The van der Waals surface area contributed by atoms with Gasteiger partial charge < -0.3 is 14.8 Å². The molecular weight excluding hydrogens is 354 g/mol. The van der Waals surface area contributed by atoms with Gasteiger partial charge in [0, 0.05) is 29.5 Å². The monoisotopic (exact) mass is 377 g/mol. The summed E-state index contributed by atoms with van der Waals surface area (Å²) in [6.45, 7) is 4.13. The zero-order valence-corrected chi connectivity index (χ0v) is 16.4. The number of carbonyl (C=O) groups excluding carboxylic acids is 1. The lowest BCUT2D eigenvalue weighted by molar-refractivity contribution is -0.116. The Morgan fingerprint density at radius 1 is 1.11 bits per heavy atom. The molecule has 1 atom stereocenters. The summed E-state index contributed by atoms with van der Waals surface area (Å²) in [6.07, 6.45) is 2.18. The average Bonchev–Trinajstić information content (AvgIpc) is 3.12. The molecule has 0 saturated heterocycles. The van der Waals surface area contributed by atoms with Gasteiger partial charge in [0.2, 0.25) is 5.91 Å². The molecule has 1 aromatic heterocycles. The minimum atomic E-state index is -0.136. The molecule has 144 valence electrons. The quantitative estimate of drug-likeness (QED) is 0.747. The van der Waals surface area contributed by atoms with Gasteiger partial charge in [0.25, 0.3) is 0 Å². The van der Waals surface area contributed by atoms with Crippen LogP contribution < -0.4 is 14.8 Å². The number of amides is 1. The highest BCUT2D eigenvalue weighted by Gasteiger charge is 2.32. The third-order valence-corrected chi connectivity index (χ3v) is 5.44. The fraction of sp³-hybridized carbons (Fsp3) is 0.273. The number of nitrogens with one attached hydrogen (secondary N) is 1. The topological polar surface area (TPSA) is 65.4 Å². The molecule has 0 bridgehead atoms. The first-order valence-corrected chi connectivity index (χ1v) is 9.19. The van der Waals surface area contributed by atoms with Crippen LogP contribution in [0.2, 0.25) is 0 Å². The molecule has 6 nitrogen and oxygen atoms in total. The predicted molar refractivity (Wildman–Crippen MR) is 108 cm³/mol. The van der Waals surface area contributed by atoms with Crippen molar-refractivity contribution in [3.8, 4) is 17.2 Å². The summed E-state index contributed by atoms with van der Waals surface area (Å²) < 4.78 is 12.7. The Morgan fingerprint density at radius 3 is 2.68 bits per heavy atom. The van der Waals surface area contributed by atoms with E-state index in [0.717, 1.165) is 22.4 Å². The van der Waals surface area contributed by atoms with Gasteiger partial charge in [0.05, 0.1) is 26.1 Å². The Hall–Kier alpha value is -3.28. The Morgan fingerprint density at radius 2 is 1.93 bits per heavy atom. The highest BCUT2D eigenvalue weighted by Crippen LogP contribution is 2.42. The number of ether oxygens (including phenoxy) is 2. The fourth-order valence-corrected chi connectivity index (χ4v) is 3.75. The molecule has 3 aromatic rings. The van der Waals surface area contributed by atoms with Crippen molar-refractivity contribution in [2.45, 2.75) is 26.2 Å². The van der Waals surface area contributed by atoms with Crippen molar-refractivity contribution >= 4 is 11.7 Å². The largest absolute Gasteiger partial charge is 0.497 e. The van der Waals surface area contributed by atoms with Gasteiger partial charge in [0.15, 0.2) is 0 Å². The van der Waals surface area contributed by atoms with Crippen molar-refractivity contribution in [1.29, 1.82) is 0 Å². The van der Waals surface area contributed by atoms with Gasteiger partial charge in [-0.2, -0.15) is 5.10 Å². The summed E-state index contributed by atoms with van der Waals surface area (Å²) in [5.74, 6) is 1.95. The molecule has 1 aliphatic rings. The van der Waals surface area contributed by atoms with Crippen LogP contribution >= 0.6 is 0 Å². The molecule has 28 heavy (non-hydrogen) atoms. The molecule has 2 heterocycles. The first-order chi connectivity index (χ1) is 13.5. The number of hydrogen-bond donors (Lipinski definition) is 1. The van der Waals surface area contributed by atoms with E-state index in [4.69, 9.17) is 9.47 Å². The molecule has 1 N–H and O–H groups in total. The van der Waals surface area contributed by atoms with Crippen LogP contribution in [-0.2, 0) is 4.79 Å². The van der Waals surface area contributed by atoms with E-state index in [1.165, 1.54) is 5.56 Å². The molecule has 1 amide bonds. The van der Waals surface area contributed by atoms with Crippen LogP contribution in [0.1, 0.15) is 34.6 Å². The number of benzene rings is 2. The first kappa shape index (κ1) is 18.1. The van der Waals surface area contributed by atoms with E-state index in [1.807, 2.05) is 41.2 Å². The summed E-state index contributed by atoms with van der Waals surface area (Å²) >= 11 is 0. The Kier molecular flexibility index (Phi) is 4.55. The van der Waals surface area contributed by atoms with Crippen LogP contribution in [0.4, 0.5) is 5.82 Å². The van der Waals surface area contributed by atoms with E-state index in [9.17, 15) is 4.79 Å². The summed E-state index contributed by atoms with van der Waals surface area (Å²) in [7, 11) is 3.25. The maximum Gasteiger partial charge on any atom is 0.226 e. The third-order valence-electron chi connectivity index (χ3n) is 5.44. The second-order valence-electron chi connectivity index (χ2n) is 6.99. The maximum atomic E-state index is 12.5. The van der Waals surface area contributed by atoms with Crippen LogP contribution in [0.5, 0.6) is 11.5 Å². The number of methoxy groups -OCH3 is 2. The van der Waals surface area contributed by atoms with Crippen molar-refractivity contribution in [1.82, 2.24) is 9.78 Å². The summed E-state index contributed by atoms with van der Waals surface area (Å²) in [4.78, 5) is 12.5. The average molecular weight is 377 g/mol. The molecule has 1 aliphatic heterocycles. The van der Waals surface area contributed by atoms with Gasteiger partial charge in [-0.15, -0.1) is 0 Å². The van der Waals surface area contributed by atoms with E-state index >= 15 is 0 Å². The normalized spacial score (nSPS) is 15.7. The number of aryl methyl sites for hydroxylation is 1. The molecule has 6 heteroatoms. The fourth-order valence-electron chi connectivity index (χ4n) is 3.75. The zero-order valence-electron chi connectivity index (χ0n) is 16.4. The first-order valence-electron chi connectivity index (χ1n) is 9.19. The van der Waals surface area contributed by atoms with Gasteiger partial charge in [-0.1, -0.05) is 18.2 Å². The lowest BCUT2D eigenvalue weighted by Crippen LogP contribution is -2.25. The van der Waals surface area contributed by atoms with Crippen LogP contribution in [-0.4, -0.2) is 29.9 Å². The number of anilines is 1. The van der Waals surface area contributed by atoms with Crippen LogP contribution in [0.15, 0.2) is 42.6 Å². The van der Waals surface area contributed by atoms with Crippen molar-refractivity contribution in [3.05, 3.63) is 64.8 Å². The Balaban J connectivity index is 1.85. The molecule has 0 fully saturated rings. The summed E-state index contributed by atoms with van der Waals surface area (Å²) in [6, 6.07) is 11.8. The molecule has 0 radical (unpaired) electrons. The Bertz CT molecular complexity index is 1060. The second kappa shape index (κ2) is 7.03. The van der Waals surface area contributed by atoms with Crippen molar-refractivity contribution in [2.75, 3.05) is 19.5 Å². The molecule has 2 aromatic carbocycles. The lowest BCUT2D eigenvalue weighted by Gasteiger charge is -2.25. The van der Waals surface area contributed by atoms with E-state index in [2.05, 4.69) is 30.3 Å². The van der Waals surface area contributed by atoms with Crippen molar-refractivity contribution < 1.29 is 14.3 Å². The Labute approximate surface area is 164 Å². The van der Waals surface area contributed by atoms with Gasteiger partial charge in [-0.05, 0) is 37.1 Å². The van der Waals surface area contributed by atoms with Crippen LogP contribution in [0.3, 0.4) is 0 Å². The number of fused-ring (bicyclic) bond motifs is 1. The predicted octanol–water partition coefficient (Wildman–Crippen LogP) is 3.98. The minimum absolute atomic E-state index is 0.0394. The highest BCUT2D eigenvalue weighted by molar-refractivity contribution is 5.95. The molecule has 0 saturated carbocycles. The standard InChI is InChI=1S/C22H23N3O3/c1-13-6-5-7-19(14(13)2)25-22-18(12-23-25)17(11-21(26)24-22)16-9-8-15(27-3)10-20(16)28-4/h5-10,12,17H,11H2,1-4H3,(H,24,26). The second-order valence-corrected chi connectivity index (χ2v) is 6.99. The molecule has 4 rings (SSSR count). The van der Waals surface area contributed by atoms with E-state index in [1.54, 1.807) is 14.2 Å². The summed E-state index contributed by atoms with van der Waals surface area (Å²) in [5, 5.41) is 7.62.